The van der Waals surface area contributed by atoms with Gasteiger partial charge in [0, 0.05) is 13.0 Å². The summed E-state index contributed by atoms with van der Waals surface area (Å²) < 4.78 is 0. The Labute approximate surface area is 49.4 Å². The second-order valence-corrected chi connectivity index (χ2v) is 1.94. The van der Waals surface area contributed by atoms with Crippen LogP contribution in [0.1, 0.15) is 19.8 Å². The summed E-state index contributed by atoms with van der Waals surface area (Å²) >= 11 is 4.79. The predicted molar refractivity (Wildman–Crippen MR) is 34.6 cm³/mol. The van der Waals surface area contributed by atoms with E-state index in [1.165, 1.54) is 0 Å². The first-order valence-corrected chi connectivity index (χ1v) is 2.84. The van der Waals surface area contributed by atoms with Crippen molar-refractivity contribution in [3.8, 4) is 0 Å². The highest BCUT2D eigenvalue weighted by Crippen LogP contribution is 1.88. The van der Waals surface area contributed by atoms with E-state index in [-0.39, 0.29) is 6.61 Å². The molecule has 0 aromatic rings. The van der Waals surface area contributed by atoms with Gasteiger partial charge in [-0.2, -0.15) is 0 Å². The fourth-order valence-electron chi connectivity index (χ4n) is 0.301. The van der Waals surface area contributed by atoms with Crippen molar-refractivity contribution in [2.75, 3.05) is 6.61 Å². The SMILES string of the molecule is CCC(=S)CCO. The molecule has 0 bridgehead atoms. The summed E-state index contributed by atoms with van der Waals surface area (Å²) in [6.07, 6.45) is 1.60. The van der Waals surface area contributed by atoms with Gasteiger partial charge < -0.3 is 5.11 Å². The highest BCUT2D eigenvalue weighted by atomic mass is 32.1. The van der Waals surface area contributed by atoms with Crippen LogP contribution < -0.4 is 0 Å². The van der Waals surface area contributed by atoms with Gasteiger partial charge in [0.1, 0.15) is 0 Å². The fourth-order valence-corrected chi connectivity index (χ4v) is 0.393. The number of hydrogen-bond donors (Lipinski definition) is 1. The molecular weight excluding hydrogens is 108 g/mol. The molecule has 7 heavy (non-hydrogen) atoms. The van der Waals surface area contributed by atoms with Gasteiger partial charge in [0.05, 0.1) is 0 Å². The molecule has 0 radical (unpaired) electrons. The van der Waals surface area contributed by atoms with Gasteiger partial charge in [-0.3, -0.25) is 0 Å². The van der Waals surface area contributed by atoms with Gasteiger partial charge in [-0.15, -0.1) is 0 Å². The van der Waals surface area contributed by atoms with Crippen molar-refractivity contribution in [3.63, 3.8) is 0 Å². The molecule has 2 heteroatoms. The summed E-state index contributed by atoms with van der Waals surface area (Å²) in [5.74, 6) is 0. The lowest BCUT2D eigenvalue weighted by Crippen LogP contribution is -1.94. The molecule has 0 aliphatic rings. The van der Waals surface area contributed by atoms with Crippen molar-refractivity contribution in [1.29, 1.82) is 0 Å². The molecule has 0 aromatic heterocycles. The maximum atomic E-state index is 8.28. The van der Waals surface area contributed by atoms with Crippen molar-refractivity contribution < 1.29 is 5.11 Å². The largest absolute Gasteiger partial charge is 0.396 e. The second-order valence-electron chi connectivity index (χ2n) is 1.37. The molecule has 0 saturated carbocycles. The van der Waals surface area contributed by atoms with E-state index in [1.54, 1.807) is 0 Å². The summed E-state index contributed by atoms with van der Waals surface area (Å²) in [5, 5.41) is 8.28. The third kappa shape index (κ3) is 3.89. The molecule has 0 fully saturated rings. The van der Waals surface area contributed by atoms with Gasteiger partial charge in [0.25, 0.3) is 0 Å². The Morgan fingerprint density at radius 2 is 2.29 bits per heavy atom. The fraction of sp³-hybridized carbons (Fsp3) is 0.800. The number of aliphatic hydroxyl groups excluding tert-OH is 1. The Hall–Kier alpha value is 0.0500. The van der Waals surface area contributed by atoms with Gasteiger partial charge in [-0.05, 0) is 11.3 Å². The van der Waals surface area contributed by atoms with Gasteiger partial charge in [-0.25, -0.2) is 0 Å². The maximum absolute atomic E-state index is 8.28. The van der Waals surface area contributed by atoms with Crippen LogP contribution in [0, 0.1) is 0 Å². The standard InChI is InChI=1S/C5H10OS/c1-2-5(7)3-4-6/h6H,2-4H2,1H3. The minimum atomic E-state index is 0.201. The molecule has 0 rings (SSSR count). The predicted octanol–water partition coefficient (Wildman–Crippen LogP) is 1.15. The van der Waals surface area contributed by atoms with Gasteiger partial charge in [-0.1, -0.05) is 19.1 Å². The van der Waals surface area contributed by atoms with Crippen LogP contribution in [0.4, 0.5) is 0 Å². The normalized spacial score (nSPS) is 8.86. The highest BCUT2D eigenvalue weighted by Gasteiger charge is 1.87. The molecule has 0 unspecified atom stereocenters. The average molecular weight is 118 g/mol. The number of hydrogen-bond acceptors (Lipinski definition) is 2. The molecule has 1 N–H and O–H groups in total. The third-order valence-corrected chi connectivity index (χ3v) is 1.28. The molecule has 0 aromatic carbocycles. The molecule has 0 spiro atoms. The molecular formula is C5H10OS. The molecule has 0 atom stereocenters. The van der Waals surface area contributed by atoms with Crippen LogP contribution >= 0.6 is 12.2 Å². The van der Waals surface area contributed by atoms with Crippen molar-refractivity contribution in [2.45, 2.75) is 19.8 Å². The topological polar surface area (TPSA) is 20.2 Å². The van der Waals surface area contributed by atoms with E-state index in [9.17, 15) is 0 Å². The van der Waals surface area contributed by atoms with E-state index < -0.39 is 0 Å². The zero-order valence-corrected chi connectivity index (χ0v) is 5.29. The minimum Gasteiger partial charge on any atom is -0.396 e. The van der Waals surface area contributed by atoms with Crippen LogP contribution in [0.5, 0.6) is 0 Å². The van der Waals surface area contributed by atoms with Gasteiger partial charge in [0.2, 0.25) is 0 Å². The molecule has 1 nitrogen and oxygen atoms in total. The average Bonchev–Trinajstić information content (AvgIpc) is 1.68. The van der Waals surface area contributed by atoms with E-state index in [4.69, 9.17) is 17.3 Å². The smallest absolute Gasteiger partial charge is 0.0476 e. The first-order valence-electron chi connectivity index (χ1n) is 2.43. The Bertz CT molecular complexity index is 61.1. The Balaban J connectivity index is 3.00. The molecule has 0 saturated heterocycles. The van der Waals surface area contributed by atoms with E-state index in [1.807, 2.05) is 6.92 Å². The third-order valence-electron chi connectivity index (χ3n) is 0.785. The van der Waals surface area contributed by atoms with E-state index in [0.29, 0.717) is 6.42 Å². The summed E-state index contributed by atoms with van der Waals surface area (Å²) in [5.41, 5.74) is 0. The van der Waals surface area contributed by atoms with Crippen LogP contribution in [0.2, 0.25) is 0 Å². The molecule has 0 aliphatic heterocycles. The summed E-state index contributed by atoms with van der Waals surface area (Å²) in [7, 11) is 0. The lowest BCUT2D eigenvalue weighted by Gasteiger charge is -1.91. The molecule has 0 aliphatic carbocycles. The summed E-state index contributed by atoms with van der Waals surface area (Å²) in [4.78, 5) is 0.961. The van der Waals surface area contributed by atoms with Crippen molar-refractivity contribution >= 4 is 17.1 Å². The monoisotopic (exact) mass is 118 g/mol. The van der Waals surface area contributed by atoms with E-state index in [0.717, 1.165) is 11.3 Å². The van der Waals surface area contributed by atoms with E-state index in [2.05, 4.69) is 0 Å². The van der Waals surface area contributed by atoms with Gasteiger partial charge in [0.15, 0.2) is 0 Å². The quantitative estimate of drug-likeness (QED) is 0.561. The number of rotatable bonds is 3. The summed E-state index contributed by atoms with van der Waals surface area (Å²) in [6.45, 7) is 2.20. The Morgan fingerprint density at radius 3 is 2.43 bits per heavy atom. The molecule has 42 valence electrons. The molecule has 0 heterocycles. The lowest BCUT2D eigenvalue weighted by atomic mass is 10.3. The summed E-state index contributed by atoms with van der Waals surface area (Å²) in [6, 6.07) is 0. The molecule has 0 amide bonds. The van der Waals surface area contributed by atoms with Gasteiger partial charge >= 0.3 is 0 Å². The Kier molecular flexibility index (Phi) is 4.25. The van der Waals surface area contributed by atoms with Crippen LogP contribution in [-0.2, 0) is 0 Å². The van der Waals surface area contributed by atoms with E-state index >= 15 is 0 Å². The van der Waals surface area contributed by atoms with Crippen molar-refractivity contribution in [2.24, 2.45) is 0 Å². The Morgan fingerprint density at radius 1 is 1.71 bits per heavy atom. The first kappa shape index (κ1) is 7.05. The van der Waals surface area contributed by atoms with Crippen LogP contribution in [-0.4, -0.2) is 16.6 Å². The zero-order chi connectivity index (χ0) is 5.70. The van der Waals surface area contributed by atoms with Crippen molar-refractivity contribution in [1.82, 2.24) is 0 Å². The highest BCUT2D eigenvalue weighted by molar-refractivity contribution is 7.80. The zero-order valence-electron chi connectivity index (χ0n) is 4.48. The van der Waals surface area contributed by atoms with Crippen molar-refractivity contribution in [3.05, 3.63) is 0 Å². The lowest BCUT2D eigenvalue weighted by molar-refractivity contribution is 0.307. The van der Waals surface area contributed by atoms with Crippen LogP contribution in [0.25, 0.3) is 0 Å². The van der Waals surface area contributed by atoms with Crippen LogP contribution in [0.15, 0.2) is 0 Å². The second kappa shape index (κ2) is 4.22. The maximum Gasteiger partial charge on any atom is 0.0476 e. The minimum absolute atomic E-state index is 0.201. The first-order chi connectivity index (χ1) is 3.31. The number of aliphatic hydroxyl groups is 1. The number of thiocarbonyl (C=S) groups is 1. The van der Waals surface area contributed by atoms with Crippen LogP contribution in [0.3, 0.4) is 0 Å².